The van der Waals surface area contributed by atoms with E-state index in [1.807, 2.05) is 30.3 Å². The van der Waals surface area contributed by atoms with Gasteiger partial charge in [-0.3, -0.25) is 0 Å². The van der Waals surface area contributed by atoms with Gasteiger partial charge in [0, 0.05) is 24.1 Å². The Morgan fingerprint density at radius 3 is 2.71 bits per heavy atom. The van der Waals surface area contributed by atoms with Gasteiger partial charge >= 0.3 is 0 Å². The fourth-order valence-electron chi connectivity index (χ4n) is 2.62. The molecule has 1 unspecified atom stereocenters. The molecule has 3 nitrogen and oxygen atoms in total. The van der Waals surface area contributed by atoms with E-state index >= 15 is 0 Å². The van der Waals surface area contributed by atoms with Crippen LogP contribution < -0.4 is 4.74 Å². The Labute approximate surface area is 129 Å². The maximum absolute atomic E-state index is 10.3. The van der Waals surface area contributed by atoms with Crippen LogP contribution in [0.25, 0.3) is 0 Å². The zero-order valence-electron chi connectivity index (χ0n) is 11.8. The van der Waals surface area contributed by atoms with Crippen LogP contribution >= 0.6 is 11.6 Å². The molecular formula is C17H17ClO3. The molecule has 4 heteroatoms. The van der Waals surface area contributed by atoms with Gasteiger partial charge < -0.3 is 14.6 Å². The maximum atomic E-state index is 10.3. The van der Waals surface area contributed by atoms with E-state index in [-0.39, 0.29) is 6.10 Å². The number of ether oxygens (including phenoxy) is 2. The number of rotatable bonds is 3. The van der Waals surface area contributed by atoms with E-state index in [9.17, 15) is 5.11 Å². The van der Waals surface area contributed by atoms with Crippen LogP contribution in [0.5, 0.6) is 5.75 Å². The first kappa shape index (κ1) is 14.4. The first-order valence-corrected chi connectivity index (χ1v) is 7.27. The number of methoxy groups -OCH3 is 1. The molecule has 0 spiro atoms. The number of aliphatic hydroxyl groups excluding tert-OH is 1. The van der Waals surface area contributed by atoms with Gasteiger partial charge in [0.05, 0.1) is 12.7 Å². The number of hydrogen-bond donors (Lipinski definition) is 1. The summed E-state index contributed by atoms with van der Waals surface area (Å²) in [5.74, 6) is 0.698. The molecule has 0 amide bonds. The summed E-state index contributed by atoms with van der Waals surface area (Å²) in [6, 6.07) is 13.4. The average Bonchev–Trinajstić information content (AvgIpc) is 2.49. The van der Waals surface area contributed by atoms with Gasteiger partial charge in [-0.15, -0.1) is 0 Å². The van der Waals surface area contributed by atoms with Crippen molar-refractivity contribution in [2.24, 2.45) is 0 Å². The minimum atomic E-state index is -0.559. The predicted molar refractivity (Wildman–Crippen MR) is 81.6 cm³/mol. The van der Waals surface area contributed by atoms with Crippen molar-refractivity contribution in [2.75, 3.05) is 7.11 Å². The Balaban J connectivity index is 1.83. The number of hydrogen-bond acceptors (Lipinski definition) is 3. The van der Waals surface area contributed by atoms with Crippen LogP contribution in [0.3, 0.4) is 0 Å². The highest BCUT2D eigenvalue weighted by Gasteiger charge is 2.28. The zero-order valence-corrected chi connectivity index (χ0v) is 12.5. The molecule has 110 valence electrons. The second-order valence-electron chi connectivity index (χ2n) is 5.21. The molecule has 21 heavy (non-hydrogen) atoms. The summed E-state index contributed by atoms with van der Waals surface area (Å²) in [5.41, 5.74) is 2.93. The highest BCUT2D eigenvalue weighted by molar-refractivity contribution is 6.30. The zero-order chi connectivity index (χ0) is 14.8. The van der Waals surface area contributed by atoms with Crippen LogP contribution in [0.2, 0.25) is 5.02 Å². The van der Waals surface area contributed by atoms with E-state index in [0.717, 1.165) is 16.7 Å². The Kier molecular flexibility index (Phi) is 4.15. The second kappa shape index (κ2) is 6.06. The van der Waals surface area contributed by atoms with Crippen molar-refractivity contribution in [3.05, 3.63) is 64.2 Å². The summed E-state index contributed by atoms with van der Waals surface area (Å²) in [5, 5.41) is 10.9. The summed E-state index contributed by atoms with van der Waals surface area (Å²) < 4.78 is 11.1. The minimum Gasteiger partial charge on any atom is -0.485 e. The molecule has 0 aromatic heterocycles. The molecule has 1 aliphatic rings. The van der Waals surface area contributed by atoms with E-state index in [4.69, 9.17) is 21.1 Å². The van der Waals surface area contributed by atoms with Crippen molar-refractivity contribution >= 4 is 11.6 Å². The summed E-state index contributed by atoms with van der Waals surface area (Å²) in [7, 11) is 1.68. The molecule has 3 rings (SSSR count). The first-order valence-electron chi connectivity index (χ1n) is 6.89. The largest absolute Gasteiger partial charge is 0.485 e. The molecule has 2 aromatic rings. The smallest absolute Gasteiger partial charge is 0.127 e. The summed E-state index contributed by atoms with van der Waals surface area (Å²) in [6.07, 6.45) is -0.182. The number of benzene rings is 2. The third-order valence-corrected chi connectivity index (χ3v) is 3.94. The van der Waals surface area contributed by atoms with Gasteiger partial charge in [0.25, 0.3) is 0 Å². The van der Waals surface area contributed by atoms with E-state index in [1.54, 1.807) is 19.2 Å². The molecule has 2 atom stereocenters. The summed E-state index contributed by atoms with van der Waals surface area (Å²) in [4.78, 5) is 0. The molecule has 0 radical (unpaired) electrons. The van der Waals surface area contributed by atoms with Gasteiger partial charge in [-0.05, 0) is 29.3 Å². The fourth-order valence-corrected chi connectivity index (χ4v) is 2.80. The van der Waals surface area contributed by atoms with Crippen LogP contribution in [-0.4, -0.2) is 12.2 Å². The van der Waals surface area contributed by atoms with E-state index < -0.39 is 6.10 Å². The lowest BCUT2D eigenvalue weighted by molar-refractivity contribution is 0.0657. The first-order chi connectivity index (χ1) is 10.2. The van der Waals surface area contributed by atoms with E-state index in [2.05, 4.69) is 0 Å². The second-order valence-corrected chi connectivity index (χ2v) is 5.65. The predicted octanol–water partition coefficient (Wildman–Crippen LogP) is 4.04. The minimum absolute atomic E-state index is 0.148. The number of fused-ring (bicyclic) bond motifs is 1. The van der Waals surface area contributed by atoms with Crippen LogP contribution in [0.1, 0.15) is 35.3 Å². The SMILES string of the molecule is COCc1ccc(C2C[C@@H](O)c3cc(Cl)ccc3O2)cc1. The highest BCUT2D eigenvalue weighted by Crippen LogP contribution is 2.41. The van der Waals surface area contributed by atoms with Gasteiger partial charge in [-0.1, -0.05) is 35.9 Å². The van der Waals surface area contributed by atoms with Crippen LogP contribution in [-0.2, 0) is 11.3 Å². The summed E-state index contributed by atoms with van der Waals surface area (Å²) in [6.45, 7) is 0.593. The summed E-state index contributed by atoms with van der Waals surface area (Å²) >= 11 is 5.96. The van der Waals surface area contributed by atoms with E-state index in [1.165, 1.54) is 0 Å². The van der Waals surface area contributed by atoms with Crippen molar-refractivity contribution in [1.82, 2.24) is 0 Å². The quantitative estimate of drug-likeness (QED) is 0.930. The Bertz CT molecular complexity index is 624. The molecule has 1 N–H and O–H groups in total. The molecule has 1 heterocycles. The monoisotopic (exact) mass is 304 g/mol. The molecule has 0 saturated carbocycles. The van der Waals surface area contributed by atoms with Gasteiger partial charge in [-0.2, -0.15) is 0 Å². The lowest BCUT2D eigenvalue weighted by Crippen LogP contribution is -2.19. The Hall–Kier alpha value is -1.55. The van der Waals surface area contributed by atoms with Crippen molar-refractivity contribution in [1.29, 1.82) is 0 Å². The number of aliphatic hydroxyl groups is 1. The molecule has 2 aromatic carbocycles. The van der Waals surface area contributed by atoms with Gasteiger partial charge in [-0.25, -0.2) is 0 Å². The topological polar surface area (TPSA) is 38.7 Å². The lowest BCUT2D eigenvalue weighted by atomic mass is 9.94. The number of halogens is 1. The van der Waals surface area contributed by atoms with Gasteiger partial charge in [0.1, 0.15) is 11.9 Å². The molecular weight excluding hydrogens is 288 g/mol. The molecule has 0 saturated heterocycles. The molecule has 1 aliphatic heterocycles. The molecule has 0 bridgehead atoms. The van der Waals surface area contributed by atoms with Gasteiger partial charge in [0.2, 0.25) is 0 Å². The van der Waals surface area contributed by atoms with Crippen molar-refractivity contribution < 1.29 is 14.6 Å². The molecule has 0 aliphatic carbocycles. The third-order valence-electron chi connectivity index (χ3n) is 3.70. The lowest BCUT2D eigenvalue weighted by Gasteiger charge is -2.30. The molecule has 0 fully saturated rings. The Morgan fingerprint density at radius 2 is 2.00 bits per heavy atom. The van der Waals surface area contributed by atoms with Gasteiger partial charge in [0.15, 0.2) is 0 Å². The van der Waals surface area contributed by atoms with Crippen LogP contribution in [0, 0.1) is 0 Å². The van der Waals surface area contributed by atoms with Crippen molar-refractivity contribution in [2.45, 2.75) is 25.2 Å². The third kappa shape index (κ3) is 3.05. The van der Waals surface area contributed by atoms with Crippen LogP contribution in [0.4, 0.5) is 0 Å². The fraction of sp³-hybridized carbons (Fsp3) is 0.294. The maximum Gasteiger partial charge on any atom is 0.127 e. The van der Waals surface area contributed by atoms with E-state index in [0.29, 0.717) is 23.8 Å². The highest BCUT2D eigenvalue weighted by atomic mass is 35.5. The normalized spacial score (nSPS) is 20.7. The van der Waals surface area contributed by atoms with Crippen molar-refractivity contribution in [3.8, 4) is 5.75 Å². The average molecular weight is 305 g/mol. The Morgan fingerprint density at radius 1 is 1.24 bits per heavy atom. The van der Waals surface area contributed by atoms with Crippen molar-refractivity contribution in [3.63, 3.8) is 0 Å². The standard InChI is InChI=1S/C17H17ClO3/c1-20-10-11-2-4-12(5-3-11)17-9-15(19)14-8-13(18)6-7-16(14)21-17/h2-8,15,17,19H,9-10H2,1H3/t15-,17?/m1/s1. The van der Waals surface area contributed by atoms with Crippen LogP contribution in [0.15, 0.2) is 42.5 Å².